The summed E-state index contributed by atoms with van der Waals surface area (Å²) in [6.07, 6.45) is 5.25. The van der Waals surface area contributed by atoms with Gasteiger partial charge in [-0.2, -0.15) is 0 Å². The van der Waals surface area contributed by atoms with Gasteiger partial charge in [0.25, 0.3) is 0 Å². The molecular weight excluding hydrogens is 252 g/mol. The van der Waals surface area contributed by atoms with Crippen molar-refractivity contribution in [2.75, 3.05) is 18.4 Å². The molecule has 1 fully saturated rings. The van der Waals surface area contributed by atoms with E-state index in [1.165, 1.54) is 24.9 Å². The zero-order chi connectivity index (χ0) is 13.8. The van der Waals surface area contributed by atoms with Crippen LogP contribution in [0, 0.1) is 6.92 Å². The van der Waals surface area contributed by atoms with Gasteiger partial charge in [0.15, 0.2) is 0 Å². The first kappa shape index (κ1) is 13.1. The van der Waals surface area contributed by atoms with E-state index in [1.54, 1.807) is 11.0 Å². The molecule has 6 heteroatoms. The number of aromatic nitrogens is 4. The van der Waals surface area contributed by atoms with Gasteiger partial charge in [-0.1, -0.05) is 0 Å². The molecule has 0 radical (unpaired) electrons. The Morgan fingerprint density at radius 3 is 3.05 bits per heavy atom. The van der Waals surface area contributed by atoms with Crippen molar-refractivity contribution in [2.45, 2.75) is 32.2 Å². The molecule has 2 N–H and O–H groups in total. The zero-order valence-electron chi connectivity index (χ0n) is 11.7. The molecule has 1 aliphatic heterocycles. The van der Waals surface area contributed by atoms with E-state index in [2.05, 4.69) is 51.3 Å². The third-order valence-electron chi connectivity index (χ3n) is 3.74. The van der Waals surface area contributed by atoms with Crippen LogP contribution in [0.25, 0.3) is 5.69 Å². The molecule has 0 amide bonds. The average molecular weight is 272 g/mol. The van der Waals surface area contributed by atoms with Crippen LogP contribution in [0.5, 0.6) is 0 Å². The Bertz CT molecular complexity index is 543. The van der Waals surface area contributed by atoms with Crippen LogP contribution in [0.2, 0.25) is 0 Å². The molecule has 0 spiro atoms. The Kier molecular flexibility index (Phi) is 3.92. The standard InChI is InChI=1S/C14H20N6/c1-11-9-13(17-12-3-2-7-15-8-6-12)4-5-14(11)20-10-16-18-19-20/h4-5,9-10,12,15,17H,2-3,6-8H2,1H3. The largest absolute Gasteiger partial charge is 0.382 e. The van der Waals surface area contributed by atoms with Crippen LogP contribution in [0.1, 0.15) is 24.8 Å². The van der Waals surface area contributed by atoms with Crippen molar-refractivity contribution < 1.29 is 0 Å². The number of hydrogen-bond donors (Lipinski definition) is 2. The summed E-state index contributed by atoms with van der Waals surface area (Å²) in [5, 5.41) is 18.4. The fraction of sp³-hybridized carbons (Fsp3) is 0.500. The van der Waals surface area contributed by atoms with E-state index in [4.69, 9.17) is 0 Å². The van der Waals surface area contributed by atoms with E-state index in [0.717, 1.165) is 24.3 Å². The predicted molar refractivity (Wildman–Crippen MR) is 78.0 cm³/mol. The molecule has 106 valence electrons. The number of anilines is 1. The number of benzene rings is 1. The molecule has 1 unspecified atom stereocenters. The fourth-order valence-corrected chi connectivity index (χ4v) is 2.67. The van der Waals surface area contributed by atoms with Gasteiger partial charge in [-0.3, -0.25) is 0 Å². The van der Waals surface area contributed by atoms with Crippen LogP contribution >= 0.6 is 0 Å². The fourth-order valence-electron chi connectivity index (χ4n) is 2.67. The number of nitrogens with zero attached hydrogens (tertiary/aromatic N) is 4. The van der Waals surface area contributed by atoms with E-state index in [9.17, 15) is 0 Å². The van der Waals surface area contributed by atoms with Gasteiger partial charge in [0.1, 0.15) is 6.33 Å². The highest BCUT2D eigenvalue weighted by molar-refractivity contribution is 5.53. The summed E-state index contributed by atoms with van der Waals surface area (Å²) >= 11 is 0. The van der Waals surface area contributed by atoms with E-state index in [1.807, 2.05) is 0 Å². The Hall–Kier alpha value is -1.95. The second kappa shape index (κ2) is 6.00. The molecule has 3 rings (SSSR count). The summed E-state index contributed by atoms with van der Waals surface area (Å²) in [6.45, 7) is 4.31. The molecular formula is C14H20N6. The first-order valence-electron chi connectivity index (χ1n) is 7.14. The number of hydrogen-bond acceptors (Lipinski definition) is 5. The van der Waals surface area contributed by atoms with E-state index in [0.29, 0.717) is 6.04 Å². The molecule has 0 saturated carbocycles. The minimum absolute atomic E-state index is 0.559. The van der Waals surface area contributed by atoms with Crippen LogP contribution in [0.15, 0.2) is 24.5 Å². The van der Waals surface area contributed by atoms with Crippen LogP contribution in [-0.4, -0.2) is 39.3 Å². The minimum Gasteiger partial charge on any atom is -0.382 e. The summed E-state index contributed by atoms with van der Waals surface area (Å²) in [4.78, 5) is 0. The maximum absolute atomic E-state index is 3.93. The molecule has 2 heterocycles. The van der Waals surface area contributed by atoms with E-state index in [-0.39, 0.29) is 0 Å². The topological polar surface area (TPSA) is 67.7 Å². The lowest BCUT2D eigenvalue weighted by Crippen LogP contribution is -2.21. The van der Waals surface area contributed by atoms with Crippen molar-refractivity contribution in [1.82, 2.24) is 25.5 Å². The Morgan fingerprint density at radius 2 is 2.25 bits per heavy atom. The van der Waals surface area contributed by atoms with Gasteiger partial charge in [0.2, 0.25) is 0 Å². The van der Waals surface area contributed by atoms with E-state index < -0.39 is 0 Å². The lowest BCUT2D eigenvalue weighted by Gasteiger charge is -2.18. The highest BCUT2D eigenvalue weighted by Gasteiger charge is 2.12. The molecule has 0 bridgehead atoms. The van der Waals surface area contributed by atoms with Gasteiger partial charge in [-0.05, 0) is 73.5 Å². The van der Waals surface area contributed by atoms with Crippen molar-refractivity contribution in [2.24, 2.45) is 0 Å². The van der Waals surface area contributed by atoms with Crippen LogP contribution in [0.4, 0.5) is 5.69 Å². The number of nitrogens with one attached hydrogen (secondary N) is 2. The molecule has 2 aromatic rings. The van der Waals surface area contributed by atoms with Crippen molar-refractivity contribution in [3.8, 4) is 5.69 Å². The van der Waals surface area contributed by atoms with Crippen LogP contribution < -0.4 is 10.6 Å². The highest BCUT2D eigenvalue weighted by atomic mass is 15.5. The summed E-state index contributed by atoms with van der Waals surface area (Å²) in [5.74, 6) is 0. The van der Waals surface area contributed by atoms with Gasteiger partial charge in [-0.25, -0.2) is 4.68 Å². The van der Waals surface area contributed by atoms with Gasteiger partial charge >= 0.3 is 0 Å². The smallest absolute Gasteiger partial charge is 0.143 e. The average Bonchev–Trinajstić information content (AvgIpc) is 2.85. The van der Waals surface area contributed by atoms with E-state index >= 15 is 0 Å². The lowest BCUT2D eigenvalue weighted by atomic mass is 10.1. The maximum atomic E-state index is 3.93. The van der Waals surface area contributed by atoms with Crippen LogP contribution in [-0.2, 0) is 0 Å². The van der Waals surface area contributed by atoms with Crippen LogP contribution in [0.3, 0.4) is 0 Å². The molecule has 0 aliphatic carbocycles. The number of rotatable bonds is 3. The molecule has 6 nitrogen and oxygen atoms in total. The SMILES string of the molecule is Cc1cc(NC2CCCNCC2)ccc1-n1cnnn1. The Morgan fingerprint density at radius 1 is 1.30 bits per heavy atom. The quantitative estimate of drug-likeness (QED) is 0.887. The third kappa shape index (κ3) is 2.96. The lowest BCUT2D eigenvalue weighted by molar-refractivity contribution is 0.637. The van der Waals surface area contributed by atoms with Crippen molar-refractivity contribution in [1.29, 1.82) is 0 Å². The summed E-state index contributed by atoms with van der Waals surface area (Å²) in [7, 11) is 0. The first-order chi connectivity index (χ1) is 9.83. The number of aryl methyl sites for hydroxylation is 1. The Balaban J connectivity index is 1.73. The van der Waals surface area contributed by atoms with Gasteiger partial charge in [0, 0.05) is 11.7 Å². The van der Waals surface area contributed by atoms with Crippen molar-refractivity contribution in [3.63, 3.8) is 0 Å². The molecule has 1 atom stereocenters. The maximum Gasteiger partial charge on any atom is 0.143 e. The summed E-state index contributed by atoms with van der Waals surface area (Å²) < 4.78 is 1.69. The predicted octanol–water partition coefficient (Wildman–Crippen LogP) is 1.52. The third-order valence-corrected chi connectivity index (χ3v) is 3.74. The molecule has 1 aliphatic rings. The molecule has 1 aromatic carbocycles. The zero-order valence-corrected chi connectivity index (χ0v) is 11.7. The van der Waals surface area contributed by atoms with Gasteiger partial charge in [0.05, 0.1) is 5.69 Å². The summed E-state index contributed by atoms with van der Waals surface area (Å²) in [6, 6.07) is 6.88. The van der Waals surface area contributed by atoms with Crippen molar-refractivity contribution >= 4 is 5.69 Å². The highest BCUT2D eigenvalue weighted by Crippen LogP contribution is 2.20. The van der Waals surface area contributed by atoms with Crippen molar-refractivity contribution in [3.05, 3.63) is 30.1 Å². The summed E-state index contributed by atoms with van der Waals surface area (Å²) in [5.41, 5.74) is 3.35. The molecule has 1 saturated heterocycles. The normalized spacial score (nSPS) is 19.6. The first-order valence-corrected chi connectivity index (χ1v) is 7.14. The molecule has 20 heavy (non-hydrogen) atoms. The Labute approximate surface area is 118 Å². The number of tetrazole rings is 1. The molecule has 1 aromatic heterocycles. The second-order valence-corrected chi connectivity index (χ2v) is 5.28. The minimum atomic E-state index is 0.559. The second-order valence-electron chi connectivity index (χ2n) is 5.28. The van der Waals surface area contributed by atoms with Gasteiger partial charge < -0.3 is 10.6 Å². The van der Waals surface area contributed by atoms with Gasteiger partial charge in [-0.15, -0.1) is 5.10 Å². The monoisotopic (exact) mass is 272 g/mol.